The lowest BCUT2D eigenvalue weighted by Gasteiger charge is -2.15. The van der Waals surface area contributed by atoms with Crippen LogP contribution in [0.3, 0.4) is 0 Å². The Morgan fingerprint density at radius 1 is 1.53 bits per heavy atom. The van der Waals surface area contributed by atoms with Crippen LogP contribution < -0.4 is 10.1 Å². The number of hydrogen-bond donors (Lipinski definition) is 2. The SMILES string of the molecule is COc1ccc(Br)cc1CNC(=O)C1CCCC1O. The van der Waals surface area contributed by atoms with Crippen LogP contribution in [0.15, 0.2) is 22.7 Å². The number of ether oxygens (including phenoxy) is 1. The smallest absolute Gasteiger partial charge is 0.225 e. The van der Waals surface area contributed by atoms with Gasteiger partial charge in [0.1, 0.15) is 5.75 Å². The van der Waals surface area contributed by atoms with E-state index in [4.69, 9.17) is 4.74 Å². The van der Waals surface area contributed by atoms with Crippen LogP contribution in [-0.2, 0) is 11.3 Å². The van der Waals surface area contributed by atoms with Gasteiger partial charge in [-0.1, -0.05) is 15.9 Å². The zero-order chi connectivity index (χ0) is 13.8. The molecule has 19 heavy (non-hydrogen) atoms. The fourth-order valence-electron chi connectivity index (χ4n) is 2.45. The Balaban J connectivity index is 1.98. The normalized spacial score (nSPS) is 22.3. The third kappa shape index (κ3) is 3.48. The first-order chi connectivity index (χ1) is 9.11. The second-order valence-electron chi connectivity index (χ2n) is 4.78. The molecule has 2 N–H and O–H groups in total. The lowest BCUT2D eigenvalue weighted by Crippen LogP contribution is -2.34. The highest BCUT2D eigenvalue weighted by Crippen LogP contribution is 2.26. The average Bonchev–Trinajstić information content (AvgIpc) is 2.82. The number of hydrogen-bond acceptors (Lipinski definition) is 3. The van der Waals surface area contributed by atoms with Crippen molar-refractivity contribution in [1.29, 1.82) is 0 Å². The van der Waals surface area contributed by atoms with E-state index in [0.717, 1.165) is 35.0 Å². The molecule has 1 aromatic carbocycles. The average molecular weight is 328 g/mol. The Morgan fingerprint density at radius 3 is 2.95 bits per heavy atom. The molecule has 1 aliphatic carbocycles. The van der Waals surface area contributed by atoms with E-state index in [1.165, 1.54) is 0 Å². The van der Waals surface area contributed by atoms with Gasteiger partial charge in [0.2, 0.25) is 5.91 Å². The summed E-state index contributed by atoms with van der Waals surface area (Å²) in [7, 11) is 1.61. The van der Waals surface area contributed by atoms with Crippen molar-refractivity contribution in [2.75, 3.05) is 7.11 Å². The molecule has 1 aromatic rings. The molecule has 2 atom stereocenters. The first-order valence-corrected chi connectivity index (χ1v) is 7.19. The van der Waals surface area contributed by atoms with Gasteiger partial charge in [0, 0.05) is 16.6 Å². The maximum Gasteiger partial charge on any atom is 0.225 e. The molecule has 0 bridgehead atoms. The van der Waals surface area contributed by atoms with E-state index in [0.29, 0.717) is 6.54 Å². The molecule has 1 aliphatic rings. The van der Waals surface area contributed by atoms with E-state index in [9.17, 15) is 9.90 Å². The maximum atomic E-state index is 12.0. The molecule has 2 rings (SSSR count). The summed E-state index contributed by atoms with van der Waals surface area (Å²) in [5, 5.41) is 12.6. The Morgan fingerprint density at radius 2 is 2.32 bits per heavy atom. The van der Waals surface area contributed by atoms with Crippen LogP contribution >= 0.6 is 15.9 Å². The minimum absolute atomic E-state index is 0.0768. The number of halogens is 1. The number of benzene rings is 1. The van der Waals surface area contributed by atoms with E-state index >= 15 is 0 Å². The largest absolute Gasteiger partial charge is 0.496 e. The highest BCUT2D eigenvalue weighted by molar-refractivity contribution is 9.10. The van der Waals surface area contributed by atoms with Crippen molar-refractivity contribution < 1.29 is 14.6 Å². The molecule has 0 spiro atoms. The Hall–Kier alpha value is -1.07. The summed E-state index contributed by atoms with van der Waals surface area (Å²) in [5.74, 6) is 0.403. The first kappa shape index (κ1) is 14.3. The van der Waals surface area contributed by atoms with Gasteiger partial charge in [-0.2, -0.15) is 0 Å². The fourth-order valence-corrected chi connectivity index (χ4v) is 2.85. The highest BCUT2D eigenvalue weighted by Gasteiger charge is 2.31. The van der Waals surface area contributed by atoms with Crippen molar-refractivity contribution in [3.63, 3.8) is 0 Å². The third-order valence-corrected chi connectivity index (χ3v) is 4.01. The molecular weight excluding hydrogens is 310 g/mol. The van der Waals surface area contributed by atoms with E-state index in [2.05, 4.69) is 21.2 Å². The first-order valence-electron chi connectivity index (χ1n) is 6.40. The molecule has 1 saturated carbocycles. The molecule has 4 nitrogen and oxygen atoms in total. The number of amides is 1. The van der Waals surface area contributed by atoms with E-state index < -0.39 is 6.10 Å². The standard InChI is InChI=1S/C14H18BrNO3/c1-19-13-6-5-10(15)7-9(13)8-16-14(18)11-3-2-4-12(11)17/h5-7,11-12,17H,2-4,8H2,1H3,(H,16,18). The molecule has 1 fully saturated rings. The van der Waals surface area contributed by atoms with Crippen molar-refractivity contribution >= 4 is 21.8 Å². The second-order valence-corrected chi connectivity index (χ2v) is 5.69. The van der Waals surface area contributed by atoms with Gasteiger partial charge in [-0.3, -0.25) is 4.79 Å². The van der Waals surface area contributed by atoms with E-state index in [-0.39, 0.29) is 11.8 Å². The highest BCUT2D eigenvalue weighted by atomic mass is 79.9. The van der Waals surface area contributed by atoms with Crippen LogP contribution in [0.2, 0.25) is 0 Å². The summed E-state index contributed by atoms with van der Waals surface area (Å²) in [5.41, 5.74) is 0.915. The third-order valence-electron chi connectivity index (χ3n) is 3.51. The fraction of sp³-hybridized carbons (Fsp3) is 0.500. The quantitative estimate of drug-likeness (QED) is 0.891. The monoisotopic (exact) mass is 327 g/mol. The van der Waals surface area contributed by atoms with Crippen molar-refractivity contribution in [1.82, 2.24) is 5.32 Å². The van der Waals surface area contributed by atoms with Crippen LogP contribution in [0.25, 0.3) is 0 Å². The minimum atomic E-state index is -0.496. The van der Waals surface area contributed by atoms with Crippen LogP contribution in [0.4, 0.5) is 0 Å². The molecule has 0 saturated heterocycles. The molecule has 0 radical (unpaired) electrons. The summed E-state index contributed by atoms with van der Waals surface area (Å²) >= 11 is 3.40. The summed E-state index contributed by atoms with van der Waals surface area (Å²) in [6, 6.07) is 5.67. The van der Waals surface area contributed by atoms with Gasteiger partial charge >= 0.3 is 0 Å². The lowest BCUT2D eigenvalue weighted by molar-refractivity contribution is -0.127. The van der Waals surface area contributed by atoms with Gasteiger partial charge in [0.25, 0.3) is 0 Å². The second kappa shape index (κ2) is 6.39. The number of carbonyl (C=O) groups excluding carboxylic acids is 1. The number of rotatable bonds is 4. The molecule has 1 amide bonds. The van der Waals surface area contributed by atoms with Gasteiger partial charge in [0.05, 0.1) is 19.1 Å². The van der Waals surface area contributed by atoms with E-state index in [1.54, 1.807) is 7.11 Å². The predicted molar refractivity (Wildman–Crippen MR) is 75.9 cm³/mol. The van der Waals surface area contributed by atoms with Crippen LogP contribution in [-0.4, -0.2) is 24.2 Å². The van der Waals surface area contributed by atoms with Crippen molar-refractivity contribution in [3.05, 3.63) is 28.2 Å². The van der Waals surface area contributed by atoms with Crippen molar-refractivity contribution in [2.45, 2.75) is 31.9 Å². The predicted octanol–water partition coefficient (Wildman–Crippen LogP) is 2.23. The Kier molecular flexibility index (Phi) is 4.82. The summed E-state index contributed by atoms with van der Waals surface area (Å²) < 4.78 is 6.20. The maximum absolute atomic E-state index is 12.0. The zero-order valence-corrected chi connectivity index (χ0v) is 12.4. The van der Waals surface area contributed by atoms with Gasteiger partial charge in [0.15, 0.2) is 0 Å². The lowest BCUT2D eigenvalue weighted by atomic mass is 10.1. The topological polar surface area (TPSA) is 58.6 Å². The number of aliphatic hydroxyl groups is 1. The van der Waals surface area contributed by atoms with Crippen LogP contribution in [0, 0.1) is 5.92 Å². The summed E-state index contributed by atoms with van der Waals surface area (Å²) in [4.78, 5) is 12.0. The Bertz CT molecular complexity index is 464. The van der Waals surface area contributed by atoms with E-state index in [1.807, 2.05) is 18.2 Å². The molecule has 0 heterocycles. The number of nitrogens with one attached hydrogen (secondary N) is 1. The van der Waals surface area contributed by atoms with Gasteiger partial charge in [-0.25, -0.2) is 0 Å². The summed E-state index contributed by atoms with van der Waals surface area (Å²) in [6.45, 7) is 0.407. The summed E-state index contributed by atoms with van der Waals surface area (Å²) in [6.07, 6.45) is 1.91. The van der Waals surface area contributed by atoms with Crippen molar-refractivity contribution in [3.8, 4) is 5.75 Å². The number of aliphatic hydroxyl groups excluding tert-OH is 1. The van der Waals surface area contributed by atoms with Gasteiger partial charge in [-0.15, -0.1) is 0 Å². The molecular formula is C14H18BrNO3. The van der Waals surface area contributed by atoms with Crippen LogP contribution in [0.1, 0.15) is 24.8 Å². The van der Waals surface area contributed by atoms with Crippen LogP contribution in [0.5, 0.6) is 5.75 Å². The molecule has 2 unspecified atom stereocenters. The molecule has 0 aromatic heterocycles. The Labute approximate surface area is 121 Å². The van der Waals surface area contributed by atoms with Crippen molar-refractivity contribution in [2.24, 2.45) is 5.92 Å². The minimum Gasteiger partial charge on any atom is -0.496 e. The number of carbonyl (C=O) groups is 1. The molecule has 0 aliphatic heterocycles. The zero-order valence-electron chi connectivity index (χ0n) is 10.9. The number of methoxy groups -OCH3 is 1. The molecule has 5 heteroatoms. The molecule has 104 valence electrons. The van der Waals surface area contributed by atoms with Gasteiger partial charge < -0.3 is 15.2 Å². The van der Waals surface area contributed by atoms with Gasteiger partial charge in [-0.05, 0) is 37.5 Å².